The van der Waals surface area contributed by atoms with Gasteiger partial charge in [-0.2, -0.15) is 0 Å². The molecule has 0 rings (SSSR count). The van der Waals surface area contributed by atoms with Gasteiger partial charge in [0.15, 0.2) is 0 Å². The molecule has 98 valence electrons. The third kappa shape index (κ3) is 5.62. The van der Waals surface area contributed by atoms with Crippen molar-refractivity contribution in [1.82, 2.24) is 4.90 Å². The predicted octanol–water partition coefficient (Wildman–Crippen LogP) is 3.28. The van der Waals surface area contributed by atoms with Gasteiger partial charge in [0.2, 0.25) is 7.37 Å². The summed E-state index contributed by atoms with van der Waals surface area (Å²) in [6.45, 7) is 6.73. The maximum atomic E-state index is 12.0. The Bertz CT molecular complexity index is 234. The lowest BCUT2D eigenvalue weighted by molar-refractivity contribution is 0.415. The van der Waals surface area contributed by atoms with Crippen molar-refractivity contribution in [1.29, 1.82) is 0 Å². The van der Waals surface area contributed by atoms with Crippen LogP contribution in [0.1, 0.15) is 20.8 Å². The van der Waals surface area contributed by atoms with Crippen molar-refractivity contribution in [2.75, 3.05) is 26.5 Å². The van der Waals surface area contributed by atoms with Gasteiger partial charge in [-0.1, -0.05) is 38.9 Å². The summed E-state index contributed by atoms with van der Waals surface area (Å²) in [5.41, 5.74) is 0. The van der Waals surface area contributed by atoms with Crippen molar-refractivity contribution in [3.63, 3.8) is 0 Å². The third-order valence-electron chi connectivity index (χ3n) is 3.75. The summed E-state index contributed by atoms with van der Waals surface area (Å²) in [5.74, 6) is 0. The van der Waals surface area contributed by atoms with E-state index in [4.69, 9.17) is 0 Å². The first-order valence-corrected chi connectivity index (χ1v) is 11.1. The summed E-state index contributed by atoms with van der Waals surface area (Å²) in [7, 11) is -0.445. The van der Waals surface area contributed by atoms with E-state index >= 15 is 0 Å². The van der Waals surface area contributed by atoms with E-state index in [1.54, 1.807) is 0 Å². The summed E-state index contributed by atoms with van der Waals surface area (Å²) in [4.78, 5) is 11.7. The highest BCUT2D eigenvalue weighted by atomic mass is 31.2. The van der Waals surface area contributed by atoms with E-state index in [-0.39, 0.29) is 0 Å². The molecule has 0 aliphatic carbocycles. The molecule has 3 nitrogen and oxygen atoms in total. The van der Waals surface area contributed by atoms with Crippen LogP contribution in [-0.2, 0) is 4.57 Å². The van der Waals surface area contributed by atoms with Crippen LogP contribution in [0.15, 0.2) is 0 Å². The van der Waals surface area contributed by atoms with E-state index in [9.17, 15) is 9.46 Å². The van der Waals surface area contributed by atoms with E-state index in [0.29, 0.717) is 12.4 Å². The molecule has 0 saturated carbocycles. The van der Waals surface area contributed by atoms with Crippen LogP contribution in [0, 0.1) is 0 Å². The fourth-order valence-electron chi connectivity index (χ4n) is 2.20. The largest absolute Gasteiger partial charge is 0.343 e. The van der Waals surface area contributed by atoms with E-state index in [0.717, 1.165) is 6.04 Å². The monoisotopic (exact) mass is 265 g/mol. The van der Waals surface area contributed by atoms with Gasteiger partial charge in [-0.05, 0) is 20.1 Å². The molecular weight excluding hydrogens is 237 g/mol. The molecule has 0 aromatic carbocycles. The zero-order valence-corrected chi connectivity index (χ0v) is 13.4. The molecule has 0 fully saturated rings. The highest BCUT2D eigenvalue weighted by Gasteiger charge is 2.30. The van der Waals surface area contributed by atoms with E-state index < -0.39 is 15.4 Å². The minimum Gasteiger partial charge on any atom is -0.343 e. The molecule has 0 aromatic rings. The molecule has 0 saturated heterocycles. The predicted molar refractivity (Wildman–Crippen MR) is 75.3 cm³/mol. The molecule has 0 aromatic heterocycles. The molecule has 1 atom stereocenters. The van der Waals surface area contributed by atoms with Crippen molar-refractivity contribution in [2.24, 2.45) is 0 Å². The highest BCUT2D eigenvalue weighted by Crippen LogP contribution is 2.44. The first-order valence-electron chi connectivity index (χ1n) is 6.26. The van der Waals surface area contributed by atoms with Crippen molar-refractivity contribution >= 4 is 15.4 Å². The molecule has 1 N–H and O–H groups in total. The molecule has 16 heavy (non-hydrogen) atoms. The van der Waals surface area contributed by atoms with Crippen molar-refractivity contribution in [3.8, 4) is 0 Å². The minimum absolute atomic E-state index is 0.328. The van der Waals surface area contributed by atoms with Gasteiger partial charge in [-0.3, -0.25) is 4.57 Å². The molecule has 0 amide bonds. The number of rotatable bonds is 8. The SMILES string of the molecule is CC[Si](CC)(CC)CCP(=O)(O)CN(C)C. The van der Waals surface area contributed by atoms with E-state index in [1.807, 2.05) is 19.0 Å². The molecule has 0 spiro atoms. The van der Waals surface area contributed by atoms with Gasteiger partial charge in [-0.15, -0.1) is 0 Å². The second kappa shape index (κ2) is 6.95. The topological polar surface area (TPSA) is 40.5 Å². The lowest BCUT2D eigenvalue weighted by atomic mass is 10.9. The summed E-state index contributed by atoms with van der Waals surface area (Å²) in [5, 5.41) is 0. The standard InChI is InChI=1S/C11H28NO2PSi/c1-6-16(7-2,8-3)10-9-15(13,14)11-12(4)5/h6-11H2,1-5H3,(H,13,14). The lowest BCUT2D eigenvalue weighted by Gasteiger charge is -2.29. The van der Waals surface area contributed by atoms with Crippen LogP contribution in [0.2, 0.25) is 24.2 Å². The molecule has 0 radical (unpaired) electrons. The van der Waals surface area contributed by atoms with Crippen molar-refractivity contribution < 1.29 is 9.46 Å². The molecular formula is C11H28NO2PSi. The zero-order valence-electron chi connectivity index (χ0n) is 11.5. The summed E-state index contributed by atoms with van der Waals surface area (Å²) >= 11 is 0. The van der Waals surface area contributed by atoms with Gasteiger partial charge in [0.05, 0.1) is 14.4 Å². The van der Waals surface area contributed by atoms with Gasteiger partial charge >= 0.3 is 0 Å². The Morgan fingerprint density at radius 1 is 1.12 bits per heavy atom. The first-order chi connectivity index (χ1) is 7.31. The van der Waals surface area contributed by atoms with Crippen molar-refractivity contribution in [3.05, 3.63) is 0 Å². The van der Waals surface area contributed by atoms with Crippen LogP contribution in [-0.4, -0.2) is 44.4 Å². The molecule has 0 heterocycles. The molecule has 5 heteroatoms. The quantitative estimate of drug-likeness (QED) is 0.541. The number of hydrogen-bond donors (Lipinski definition) is 1. The fraction of sp³-hybridized carbons (Fsp3) is 1.00. The van der Waals surface area contributed by atoms with Gasteiger partial charge in [-0.25, -0.2) is 0 Å². The average Bonchev–Trinajstić information content (AvgIpc) is 2.19. The molecule has 0 aliphatic heterocycles. The summed E-state index contributed by atoms with van der Waals surface area (Å²) in [6, 6.07) is 4.73. The first kappa shape index (κ1) is 16.4. The molecule has 0 aliphatic rings. The van der Waals surface area contributed by atoms with Crippen LogP contribution in [0.5, 0.6) is 0 Å². The Labute approximate surface area is 102 Å². The summed E-state index contributed by atoms with van der Waals surface area (Å²) in [6.07, 6.45) is 0.849. The molecule has 1 unspecified atom stereocenters. The Balaban J connectivity index is 4.35. The lowest BCUT2D eigenvalue weighted by Crippen LogP contribution is -2.32. The normalized spacial score (nSPS) is 16.4. The van der Waals surface area contributed by atoms with Crippen LogP contribution in [0.3, 0.4) is 0 Å². The minimum atomic E-state index is -2.92. The Hall–Kier alpha value is 0.367. The van der Waals surface area contributed by atoms with Crippen LogP contribution >= 0.6 is 7.37 Å². The Morgan fingerprint density at radius 2 is 1.56 bits per heavy atom. The second-order valence-corrected chi connectivity index (χ2v) is 13.1. The third-order valence-corrected chi connectivity index (χ3v) is 11.9. The maximum Gasteiger partial charge on any atom is 0.213 e. The van der Waals surface area contributed by atoms with Gasteiger partial charge in [0.1, 0.15) is 0 Å². The van der Waals surface area contributed by atoms with Gasteiger partial charge < -0.3 is 9.79 Å². The highest BCUT2D eigenvalue weighted by molar-refractivity contribution is 7.58. The average molecular weight is 265 g/mol. The van der Waals surface area contributed by atoms with E-state index in [2.05, 4.69) is 20.8 Å². The van der Waals surface area contributed by atoms with E-state index in [1.165, 1.54) is 18.1 Å². The zero-order chi connectivity index (χ0) is 12.8. The molecule has 0 bridgehead atoms. The smallest absolute Gasteiger partial charge is 0.213 e. The van der Waals surface area contributed by atoms with Crippen molar-refractivity contribution in [2.45, 2.75) is 44.9 Å². The number of nitrogens with zero attached hydrogens (tertiary/aromatic N) is 1. The van der Waals surface area contributed by atoms with Crippen LogP contribution < -0.4 is 0 Å². The Morgan fingerprint density at radius 3 is 1.88 bits per heavy atom. The van der Waals surface area contributed by atoms with Crippen LogP contribution in [0.4, 0.5) is 0 Å². The number of hydrogen-bond acceptors (Lipinski definition) is 2. The van der Waals surface area contributed by atoms with Gasteiger partial charge in [0.25, 0.3) is 0 Å². The maximum absolute atomic E-state index is 12.0. The summed E-state index contributed by atoms with van der Waals surface area (Å²) < 4.78 is 12.0. The van der Waals surface area contributed by atoms with Gasteiger partial charge in [0, 0.05) is 6.16 Å². The second-order valence-electron chi connectivity index (χ2n) is 5.10. The van der Waals surface area contributed by atoms with Crippen LogP contribution in [0.25, 0.3) is 0 Å². The Kier molecular flexibility index (Phi) is 7.11. The fourth-order valence-corrected chi connectivity index (χ4v) is 9.09.